The predicted molar refractivity (Wildman–Crippen MR) is 75.7 cm³/mol. The summed E-state index contributed by atoms with van der Waals surface area (Å²) in [6.45, 7) is 0.134. The van der Waals surface area contributed by atoms with Crippen molar-refractivity contribution in [2.75, 3.05) is 0 Å². The zero-order valence-electron chi connectivity index (χ0n) is 10.7. The fraction of sp³-hybridized carbons (Fsp3) is 0.0714. The van der Waals surface area contributed by atoms with Crippen LogP contribution in [-0.4, -0.2) is 10.8 Å². The number of hydrogen-bond donors (Lipinski definition) is 1. The van der Waals surface area contributed by atoms with Gasteiger partial charge in [-0.3, -0.25) is 14.9 Å². The Morgan fingerprint density at radius 3 is 2.62 bits per heavy atom. The molecule has 1 N–H and O–H groups in total. The van der Waals surface area contributed by atoms with Gasteiger partial charge in [-0.2, -0.15) is 0 Å². The van der Waals surface area contributed by atoms with Gasteiger partial charge in [-0.1, -0.05) is 29.8 Å². The molecule has 0 saturated heterocycles. The summed E-state index contributed by atoms with van der Waals surface area (Å²) in [6, 6.07) is 9.79. The molecule has 108 valence electrons. The maximum atomic E-state index is 13.7. The lowest BCUT2D eigenvalue weighted by molar-refractivity contribution is -0.385. The lowest BCUT2D eigenvalue weighted by atomic mass is 10.1. The molecule has 1 amide bonds. The molecule has 0 aromatic heterocycles. The van der Waals surface area contributed by atoms with Crippen molar-refractivity contribution in [2.24, 2.45) is 0 Å². The molecule has 0 aliphatic heterocycles. The minimum Gasteiger partial charge on any atom is -0.348 e. The summed E-state index contributed by atoms with van der Waals surface area (Å²) in [7, 11) is 0. The Hall–Kier alpha value is -2.47. The second-order valence-corrected chi connectivity index (χ2v) is 4.60. The molecule has 0 heterocycles. The van der Waals surface area contributed by atoms with E-state index in [-0.39, 0.29) is 12.1 Å². The number of hydrogen-bond acceptors (Lipinski definition) is 3. The number of halogens is 2. The molecule has 5 nitrogen and oxygen atoms in total. The number of non-ortho nitro benzene ring substituents is 1. The Labute approximate surface area is 124 Å². The van der Waals surface area contributed by atoms with Gasteiger partial charge in [-0.15, -0.1) is 0 Å². The van der Waals surface area contributed by atoms with Crippen molar-refractivity contribution < 1.29 is 14.1 Å². The van der Waals surface area contributed by atoms with E-state index in [0.29, 0.717) is 16.7 Å². The third-order valence-corrected chi connectivity index (χ3v) is 3.17. The largest absolute Gasteiger partial charge is 0.348 e. The predicted octanol–water partition coefficient (Wildman–Crippen LogP) is 3.32. The van der Waals surface area contributed by atoms with Gasteiger partial charge in [0.05, 0.1) is 16.6 Å². The van der Waals surface area contributed by atoms with Crippen LogP contribution < -0.4 is 5.32 Å². The van der Waals surface area contributed by atoms with E-state index in [0.717, 1.165) is 12.1 Å². The number of benzene rings is 2. The summed E-state index contributed by atoms with van der Waals surface area (Å²) in [4.78, 5) is 21.6. The molecule has 0 radical (unpaired) electrons. The van der Waals surface area contributed by atoms with Crippen LogP contribution in [0.1, 0.15) is 15.9 Å². The fourth-order valence-electron chi connectivity index (χ4n) is 1.71. The van der Waals surface area contributed by atoms with Crippen LogP contribution in [0.25, 0.3) is 0 Å². The summed E-state index contributed by atoms with van der Waals surface area (Å²) in [6.07, 6.45) is 0. The van der Waals surface area contributed by atoms with Crippen molar-refractivity contribution in [3.05, 3.63) is 74.5 Å². The lowest BCUT2D eigenvalue weighted by Gasteiger charge is -2.07. The molecule has 2 aromatic rings. The third-order valence-electron chi connectivity index (χ3n) is 2.81. The van der Waals surface area contributed by atoms with Crippen LogP contribution in [0.15, 0.2) is 42.5 Å². The molecule has 21 heavy (non-hydrogen) atoms. The topological polar surface area (TPSA) is 72.2 Å². The van der Waals surface area contributed by atoms with Crippen LogP contribution in [0, 0.1) is 15.9 Å². The van der Waals surface area contributed by atoms with E-state index in [4.69, 9.17) is 11.6 Å². The lowest BCUT2D eigenvalue weighted by Crippen LogP contribution is -2.24. The standard InChI is InChI=1S/C14H10ClFN2O3/c15-12-4-2-1-3-9(12)8-17-14(19)11-6-5-10(18(20)21)7-13(11)16/h1-7H,8H2,(H,17,19). The minimum atomic E-state index is -0.944. The van der Waals surface area contributed by atoms with Gasteiger partial charge in [0.2, 0.25) is 0 Å². The number of nitrogens with zero attached hydrogens (tertiary/aromatic N) is 1. The quantitative estimate of drug-likeness (QED) is 0.695. The van der Waals surface area contributed by atoms with Crippen LogP contribution in [-0.2, 0) is 6.54 Å². The molecule has 2 rings (SSSR count). The van der Waals surface area contributed by atoms with Gasteiger partial charge in [-0.05, 0) is 17.7 Å². The number of carbonyl (C=O) groups is 1. The number of amides is 1. The number of nitro groups is 1. The highest BCUT2D eigenvalue weighted by Crippen LogP contribution is 2.17. The molecule has 7 heteroatoms. The molecule has 0 unspecified atom stereocenters. The molecule has 0 aliphatic rings. The molecule has 0 atom stereocenters. The highest BCUT2D eigenvalue weighted by Gasteiger charge is 2.16. The van der Waals surface area contributed by atoms with Gasteiger partial charge in [0.1, 0.15) is 5.82 Å². The highest BCUT2D eigenvalue weighted by molar-refractivity contribution is 6.31. The van der Waals surface area contributed by atoms with Crippen LogP contribution in [0.5, 0.6) is 0 Å². The number of nitrogens with one attached hydrogen (secondary N) is 1. The Balaban J connectivity index is 2.11. The molecule has 0 aliphatic carbocycles. The minimum absolute atomic E-state index is 0.134. The smallest absolute Gasteiger partial charge is 0.272 e. The van der Waals surface area contributed by atoms with Crippen molar-refractivity contribution in [2.45, 2.75) is 6.54 Å². The van der Waals surface area contributed by atoms with Crippen molar-refractivity contribution in [3.63, 3.8) is 0 Å². The normalized spacial score (nSPS) is 10.2. The van der Waals surface area contributed by atoms with Gasteiger partial charge >= 0.3 is 0 Å². The van der Waals surface area contributed by atoms with E-state index in [9.17, 15) is 19.3 Å². The van der Waals surface area contributed by atoms with E-state index >= 15 is 0 Å². The van der Waals surface area contributed by atoms with E-state index in [1.807, 2.05) is 0 Å². The second-order valence-electron chi connectivity index (χ2n) is 4.20. The van der Waals surface area contributed by atoms with E-state index in [1.165, 1.54) is 0 Å². The van der Waals surface area contributed by atoms with Crippen molar-refractivity contribution >= 4 is 23.2 Å². The van der Waals surface area contributed by atoms with Crippen molar-refractivity contribution in [3.8, 4) is 0 Å². The van der Waals surface area contributed by atoms with Crippen LogP contribution >= 0.6 is 11.6 Å². The van der Waals surface area contributed by atoms with Crippen LogP contribution in [0.3, 0.4) is 0 Å². The molecular formula is C14H10ClFN2O3. The third kappa shape index (κ3) is 3.55. The number of nitro benzene ring substituents is 1. The molecule has 0 bridgehead atoms. The molecule has 2 aromatic carbocycles. The van der Waals surface area contributed by atoms with Crippen LogP contribution in [0.4, 0.5) is 10.1 Å². The summed E-state index contributed by atoms with van der Waals surface area (Å²) in [5, 5.41) is 13.5. The van der Waals surface area contributed by atoms with Crippen LogP contribution in [0.2, 0.25) is 5.02 Å². The first-order chi connectivity index (χ1) is 9.99. The Morgan fingerprint density at radius 2 is 2.00 bits per heavy atom. The first-order valence-corrected chi connectivity index (χ1v) is 6.32. The average Bonchev–Trinajstić information content (AvgIpc) is 2.46. The zero-order valence-corrected chi connectivity index (χ0v) is 11.4. The number of carbonyl (C=O) groups excluding carboxylic acids is 1. The number of rotatable bonds is 4. The summed E-state index contributed by atoms with van der Waals surface area (Å²) < 4.78 is 13.7. The van der Waals surface area contributed by atoms with Gasteiger partial charge in [0.25, 0.3) is 11.6 Å². The van der Waals surface area contributed by atoms with Gasteiger partial charge < -0.3 is 5.32 Å². The summed E-state index contributed by atoms with van der Waals surface area (Å²) in [5.41, 5.74) is 0.0256. The maximum absolute atomic E-state index is 13.7. The van der Waals surface area contributed by atoms with Gasteiger partial charge in [-0.25, -0.2) is 4.39 Å². The van der Waals surface area contributed by atoms with Gasteiger partial charge in [0, 0.05) is 17.6 Å². The first kappa shape index (κ1) is 14.9. The van der Waals surface area contributed by atoms with E-state index in [2.05, 4.69) is 5.32 Å². The Morgan fingerprint density at radius 1 is 1.29 bits per heavy atom. The average molecular weight is 309 g/mol. The highest BCUT2D eigenvalue weighted by atomic mass is 35.5. The Bertz CT molecular complexity index is 706. The monoisotopic (exact) mass is 308 g/mol. The Kier molecular flexibility index (Phi) is 4.49. The zero-order chi connectivity index (χ0) is 15.4. The van der Waals surface area contributed by atoms with Gasteiger partial charge in [0.15, 0.2) is 0 Å². The molecule has 0 fully saturated rings. The van der Waals surface area contributed by atoms with E-state index in [1.54, 1.807) is 24.3 Å². The molecule has 0 spiro atoms. The van der Waals surface area contributed by atoms with Crippen molar-refractivity contribution in [1.29, 1.82) is 0 Å². The fourth-order valence-corrected chi connectivity index (χ4v) is 1.92. The molecular weight excluding hydrogens is 299 g/mol. The second kappa shape index (κ2) is 6.32. The maximum Gasteiger partial charge on any atom is 0.272 e. The first-order valence-electron chi connectivity index (χ1n) is 5.94. The molecule has 0 saturated carbocycles. The summed E-state index contributed by atoms with van der Waals surface area (Å²) >= 11 is 5.94. The SMILES string of the molecule is O=C(NCc1ccccc1Cl)c1ccc([N+](=O)[O-])cc1F. The van der Waals surface area contributed by atoms with E-state index < -0.39 is 22.3 Å². The van der Waals surface area contributed by atoms with Crippen molar-refractivity contribution in [1.82, 2.24) is 5.32 Å². The summed E-state index contributed by atoms with van der Waals surface area (Å²) in [5.74, 6) is -1.61.